The van der Waals surface area contributed by atoms with Crippen LogP contribution in [0.4, 0.5) is 4.39 Å². The van der Waals surface area contributed by atoms with Crippen LogP contribution in [0.25, 0.3) is 0 Å². The lowest BCUT2D eigenvalue weighted by Crippen LogP contribution is -2.54. The molecule has 0 spiro atoms. The standard InChI is InChI=1S/C22H33FN2O.ClH/c1-2-3-4-5-6-7-8-9-13-24-16-21-20-15-19(23)11-10-18(20)12-14-25(21)22(26)17-24;/h10-11,15,21H,2-9,12-14,16-17H2,1H3;1H. The van der Waals surface area contributed by atoms with Crippen molar-refractivity contribution in [3.63, 3.8) is 0 Å². The van der Waals surface area contributed by atoms with Crippen LogP contribution < -0.4 is 0 Å². The quantitative estimate of drug-likeness (QED) is 0.540. The van der Waals surface area contributed by atoms with E-state index in [4.69, 9.17) is 0 Å². The topological polar surface area (TPSA) is 23.6 Å². The average molecular weight is 397 g/mol. The van der Waals surface area contributed by atoms with Crippen LogP contribution in [0.1, 0.15) is 75.5 Å². The lowest BCUT2D eigenvalue weighted by Gasteiger charge is -2.44. The highest BCUT2D eigenvalue weighted by atomic mass is 35.5. The van der Waals surface area contributed by atoms with Crippen molar-refractivity contribution in [2.75, 3.05) is 26.2 Å². The number of hydrogen-bond donors (Lipinski definition) is 0. The van der Waals surface area contributed by atoms with Gasteiger partial charge in [0.1, 0.15) is 5.82 Å². The Hall–Kier alpha value is -1.13. The minimum atomic E-state index is -0.196. The molecule has 1 aromatic rings. The van der Waals surface area contributed by atoms with Gasteiger partial charge in [0.25, 0.3) is 0 Å². The van der Waals surface area contributed by atoms with Gasteiger partial charge in [-0.1, -0.05) is 57.9 Å². The molecule has 152 valence electrons. The predicted octanol–water partition coefficient (Wildman–Crippen LogP) is 5.13. The molecule has 0 radical (unpaired) electrons. The van der Waals surface area contributed by atoms with Gasteiger partial charge in [-0.15, -0.1) is 12.4 Å². The van der Waals surface area contributed by atoms with Crippen molar-refractivity contribution in [2.45, 2.75) is 70.8 Å². The molecule has 2 aliphatic rings. The number of rotatable bonds is 9. The molecule has 1 amide bonds. The Morgan fingerprint density at radius 3 is 2.52 bits per heavy atom. The van der Waals surface area contributed by atoms with Crippen molar-refractivity contribution in [3.8, 4) is 0 Å². The third kappa shape index (κ3) is 5.92. The Kier molecular flexibility index (Phi) is 9.04. The van der Waals surface area contributed by atoms with Crippen LogP contribution in [0.15, 0.2) is 18.2 Å². The molecular formula is C22H34ClFN2O. The van der Waals surface area contributed by atoms with E-state index in [-0.39, 0.29) is 30.2 Å². The number of fused-ring (bicyclic) bond motifs is 3. The molecule has 1 aromatic carbocycles. The third-order valence-electron chi connectivity index (χ3n) is 5.90. The summed E-state index contributed by atoms with van der Waals surface area (Å²) >= 11 is 0. The minimum absolute atomic E-state index is 0. The predicted molar refractivity (Wildman–Crippen MR) is 111 cm³/mol. The fourth-order valence-electron chi connectivity index (χ4n) is 4.39. The third-order valence-corrected chi connectivity index (χ3v) is 5.90. The van der Waals surface area contributed by atoms with E-state index in [1.165, 1.54) is 56.6 Å². The summed E-state index contributed by atoms with van der Waals surface area (Å²) < 4.78 is 13.7. The molecule has 0 N–H and O–H groups in total. The van der Waals surface area contributed by atoms with Gasteiger partial charge >= 0.3 is 0 Å². The summed E-state index contributed by atoms with van der Waals surface area (Å²) in [5.41, 5.74) is 2.22. The van der Waals surface area contributed by atoms with Gasteiger partial charge in [0, 0.05) is 13.1 Å². The first-order valence-electron chi connectivity index (χ1n) is 10.5. The summed E-state index contributed by atoms with van der Waals surface area (Å²) in [7, 11) is 0. The second-order valence-corrected chi connectivity index (χ2v) is 7.91. The summed E-state index contributed by atoms with van der Waals surface area (Å²) in [6, 6.07) is 5.10. The van der Waals surface area contributed by atoms with Crippen LogP contribution in [-0.2, 0) is 11.2 Å². The molecule has 0 bridgehead atoms. The van der Waals surface area contributed by atoms with Gasteiger partial charge in [-0.05, 0) is 42.6 Å². The molecule has 3 nitrogen and oxygen atoms in total. The molecular weight excluding hydrogens is 363 g/mol. The van der Waals surface area contributed by atoms with Gasteiger partial charge in [-0.3, -0.25) is 9.69 Å². The number of unbranched alkanes of at least 4 members (excludes halogenated alkanes) is 7. The highest BCUT2D eigenvalue weighted by Crippen LogP contribution is 2.33. The summed E-state index contributed by atoms with van der Waals surface area (Å²) in [6.07, 6.45) is 11.3. The summed E-state index contributed by atoms with van der Waals surface area (Å²) in [5, 5.41) is 0. The van der Waals surface area contributed by atoms with Gasteiger partial charge in [0.15, 0.2) is 0 Å². The van der Waals surface area contributed by atoms with E-state index in [0.29, 0.717) is 6.54 Å². The number of carbonyl (C=O) groups is 1. The molecule has 1 saturated heterocycles. The normalized spacial score (nSPS) is 19.4. The van der Waals surface area contributed by atoms with Crippen molar-refractivity contribution in [2.24, 2.45) is 0 Å². The lowest BCUT2D eigenvalue weighted by atomic mass is 9.90. The number of hydrogen-bond acceptors (Lipinski definition) is 2. The van der Waals surface area contributed by atoms with Gasteiger partial charge in [-0.2, -0.15) is 0 Å². The SMILES string of the molecule is CCCCCCCCCCN1CC(=O)N2CCc3ccc(F)cc3C2C1.Cl. The Bertz CT molecular complexity index is 610. The number of benzene rings is 1. The fourth-order valence-corrected chi connectivity index (χ4v) is 4.39. The largest absolute Gasteiger partial charge is 0.333 e. The average Bonchev–Trinajstić information content (AvgIpc) is 2.64. The molecule has 3 rings (SSSR count). The molecule has 1 atom stereocenters. The molecule has 1 fully saturated rings. The molecule has 2 heterocycles. The fraction of sp³-hybridized carbons (Fsp3) is 0.682. The zero-order valence-electron chi connectivity index (χ0n) is 16.6. The highest BCUT2D eigenvalue weighted by Gasteiger charge is 2.36. The van der Waals surface area contributed by atoms with E-state index in [1.807, 2.05) is 11.0 Å². The van der Waals surface area contributed by atoms with Gasteiger partial charge in [-0.25, -0.2) is 4.39 Å². The first kappa shape index (κ1) is 22.2. The van der Waals surface area contributed by atoms with E-state index in [1.54, 1.807) is 6.07 Å². The maximum absolute atomic E-state index is 13.7. The number of halogens is 2. The Morgan fingerprint density at radius 2 is 1.78 bits per heavy atom. The number of amides is 1. The van der Waals surface area contributed by atoms with Crippen molar-refractivity contribution < 1.29 is 9.18 Å². The smallest absolute Gasteiger partial charge is 0.237 e. The van der Waals surface area contributed by atoms with Gasteiger partial charge in [0.05, 0.1) is 12.6 Å². The van der Waals surface area contributed by atoms with E-state index < -0.39 is 0 Å². The maximum Gasteiger partial charge on any atom is 0.237 e. The Morgan fingerprint density at radius 1 is 1.07 bits per heavy atom. The maximum atomic E-state index is 13.7. The van der Waals surface area contributed by atoms with Crippen molar-refractivity contribution >= 4 is 18.3 Å². The molecule has 1 unspecified atom stereocenters. The first-order chi connectivity index (χ1) is 12.7. The van der Waals surface area contributed by atoms with Crippen LogP contribution in [0.3, 0.4) is 0 Å². The molecule has 27 heavy (non-hydrogen) atoms. The molecule has 0 aromatic heterocycles. The zero-order chi connectivity index (χ0) is 18.4. The number of carbonyl (C=O) groups excluding carboxylic acids is 1. The summed E-state index contributed by atoms with van der Waals surface area (Å²) in [4.78, 5) is 16.8. The van der Waals surface area contributed by atoms with Gasteiger partial charge < -0.3 is 4.90 Å². The molecule has 0 aliphatic carbocycles. The Labute approximate surface area is 169 Å². The van der Waals surface area contributed by atoms with Crippen LogP contribution in [0.2, 0.25) is 0 Å². The summed E-state index contributed by atoms with van der Waals surface area (Å²) in [6.45, 7) is 5.37. The summed E-state index contributed by atoms with van der Waals surface area (Å²) in [5.74, 6) is 0.00831. The van der Waals surface area contributed by atoms with E-state index in [0.717, 1.165) is 38.0 Å². The van der Waals surface area contributed by atoms with Gasteiger partial charge in [0.2, 0.25) is 5.91 Å². The number of piperazine rings is 1. The van der Waals surface area contributed by atoms with Crippen molar-refractivity contribution in [3.05, 3.63) is 35.1 Å². The lowest BCUT2D eigenvalue weighted by molar-refractivity contribution is -0.140. The van der Waals surface area contributed by atoms with Crippen LogP contribution in [0.5, 0.6) is 0 Å². The first-order valence-corrected chi connectivity index (χ1v) is 10.5. The van der Waals surface area contributed by atoms with Crippen molar-refractivity contribution in [1.82, 2.24) is 9.80 Å². The van der Waals surface area contributed by atoms with E-state index >= 15 is 0 Å². The second-order valence-electron chi connectivity index (χ2n) is 7.91. The minimum Gasteiger partial charge on any atom is -0.333 e. The van der Waals surface area contributed by atoms with Crippen LogP contribution in [-0.4, -0.2) is 41.9 Å². The Balaban J connectivity index is 0.00000261. The zero-order valence-corrected chi connectivity index (χ0v) is 17.4. The highest BCUT2D eigenvalue weighted by molar-refractivity contribution is 5.85. The van der Waals surface area contributed by atoms with Crippen molar-refractivity contribution in [1.29, 1.82) is 0 Å². The molecule has 5 heteroatoms. The van der Waals surface area contributed by atoms with Crippen LogP contribution in [0, 0.1) is 5.82 Å². The van der Waals surface area contributed by atoms with Crippen LogP contribution >= 0.6 is 12.4 Å². The molecule has 2 aliphatic heterocycles. The monoisotopic (exact) mass is 396 g/mol. The van der Waals surface area contributed by atoms with E-state index in [9.17, 15) is 9.18 Å². The molecule has 0 saturated carbocycles. The second kappa shape index (κ2) is 11.0. The number of nitrogens with zero attached hydrogens (tertiary/aromatic N) is 2. The van der Waals surface area contributed by atoms with E-state index in [2.05, 4.69) is 11.8 Å².